The number of carboxylic acids is 1. The fraction of sp³-hybridized carbons (Fsp3) is 0.500. The summed E-state index contributed by atoms with van der Waals surface area (Å²) in [5.41, 5.74) is 0.149. The van der Waals surface area contributed by atoms with Gasteiger partial charge in [-0.2, -0.15) is 0 Å². The molecule has 114 valence electrons. The lowest BCUT2D eigenvalue weighted by Crippen LogP contribution is -2.56. The van der Waals surface area contributed by atoms with Crippen LogP contribution in [0, 0.1) is 5.41 Å². The van der Waals surface area contributed by atoms with Gasteiger partial charge in [-0.05, 0) is 48.8 Å². The van der Waals surface area contributed by atoms with E-state index in [1.807, 2.05) is 32.2 Å². The van der Waals surface area contributed by atoms with E-state index in [1.54, 1.807) is 23.9 Å². The molecule has 1 aliphatic rings. The molecule has 1 heterocycles. The summed E-state index contributed by atoms with van der Waals surface area (Å²) in [6, 6.07) is 6.56. The molecule has 1 amide bonds. The number of rotatable bonds is 3. The van der Waals surface area contributed by atoms with Crippen LogP contribution in [0.5, 0.6) is 0 Å². The second kappa shape index (κ2) is 6.10. The summed E-state index contributed by atoms with van der Waals surface area (Å²) in [5.74, 6) is -1.11. The molecule has 0 saturated carbocycles. The summed E-state index contributed by atoms with van der Waals surface area (Å²) in [4.78, 5) is 26.9. The lowest BCUT2D eigenvalue weighted by atomic mass is 9.76. The minimum atomic E-state index is -0.922. The fourth-order valence-electron chi connectivity index (χ4n) is 2.98. The van der Waals surface area contributed by atoms with Gasteiger partial charge in [-0.1, -0.05) is 13.8 Å². The van der Waals surface area contributed by atoms with Crippen molar-refractivity contribution in [3.05, 3.63) is 29.8 Å². The quantitative estimate of drug-likeness (QED) is 0.872. The van der Waals surface area contributed by atoms with Gasteiger partial charge in [0.15, 0.2) is 0 Å². The van der Waals surface area contributed by atoms with Crippen molar-refractivity contribution in [2.75, 3.05) is 12.8 Å². The van der Waals surface area contributed by atoms with Gasteiger partial charge in [-0.3, -0.25) is 4.79 Å². The Kier molecular flexibility index (Phi) is 4.61. The molecule has 1 atom stereocenters. The maximum absolute atomic E-state index is 12.7. The highest BCUT2D eigenvalue weighted by molar-refractivity contribution is 7.98. The molecule has 1 saturated heterocycles. The smallest absolute Gasteiger partial charge is 0.326 e. The maximum atomic E-state index is 12.7. The van der Waals surface area contributed by atoms with Crippen LogP contribution in [0.15, 0.2) is 29.2 Å². The Bertz CT molecular complexity index is 539. The molecular formula is C16H21NO3S. The van der Waals surface area contributed by atoms with E-state index in [2.05, 4.69) is 0 Å². The molecule has 1 aromatic rings. The third-order valence-corrected chi connectivity index (χ3v) is 4.85. The molecule has 1 fully saturated rings. The number of carbonyl (C=O) groups excluding carboxylic acids is 1. The van der Waals surface area contributed by atoms with Crippen LogP contribution in [0.25, 0.3) is 0 Å². The summed E-state index contributed by atoms with van der Waals surface area (Å²) in [6.45, 7) is 4.34. The summed E-state index contributed by atoms with van der Waals surface area (Å²) < 4.78 is 0. The fourth-order valence-corrected chi connectivity index (χ4v) is 3.39. The summed E-state index contributed by atoms with van der Waals surface area (Å²) in [6.07, 6.45) is 3.63. The van der Waals surface area contributed by atoms with Crippen LogP contribution in [0.2, 0.25) is 0 Å². The highest BCUT2D eigenvalue weighted by Crippen LogP contribution is 2.36. The van der Waals surface area contributed by atoms with E-state index in [4.69, 9.17) is 0 Å². The zero-order chi connectivity index (χ0) is 15.6. The zero-order valence-corrected chi connectivity index (χ0v) is 13.4. The minimum Gasteiger partial charge on any atom is -0.480 e. The first-order valence-corrected chi connectivity index (χ1v) is 8.27. The Balaban J connectivity index is 2.28. The standard InChI is InChI=1S/C16H21NO3S/c1-16(2)9-4-10-17(13(16)15(19)20)14(18)11-5-7-12(21-3)8-6-11/h5-8,13H,4,9-10H2,1-3H3,(H,19,20). The van der Waals surface area contributed by atoms with E-state index in [0.717, 1.165) is 17.7 Å². The van der Waals surface area contributed by atoms with E-state index in [0.29, 0.717) is 12.1 Å². The van der Waals surface area contributed by atoms with Gasteiger partial charge in [0.2, 0.25) is 0 Å². The van der Waals surface area contributed by atoms with Crippen molar-refractivity contribution in [3.63, 3.8) is 0 Å². The van der Waals surface area contributed by atoms with E-state index in [-0.39, 0.29) is 5.91 Å². The molecule has 5 heteroatoms. The van der Waals surface area contributed by atoms with Crippen molar-refractivity contribution in [2.45, 2.75) is 37.6 Å². The van der Waals surface area contributed by atoms with Crippen molar-refractivity contribution in [3.8, 4) is 0 Å². The molecule has 1 unspecified atom stereocenters. The molecule has 1 N–H and O–H groups in total. The van der Waals surface area contributed by atoms with Crippen LogP contribution in [-0.4, -0.2) is 40.7 Å². The van der Waals surface area contributed by atoms with E-state index < -0.39 is 17.4 Å². The Morgan fingerprint density at radius 2 is 1.90 bits per heavy atom. The molecule has 1 aliphatic heterocycles. The molecule has 4 nitrogen and oxygen atoms in total. The SMILES string of the molecule is CSc1ccc(C(=O)N2CCCC(C)(C)C2C(=O)O)cc1. The van der Waals surface area contributed by atoms with Gasteiger partial charge in [0.25, 0.3) is 5.91 Å². The van der Waals surface area contributed by atoms with Gasteiger partial charge >= 0.3 is 5.97 Å². The predicted octanol–water partition coefficient (Wildman–Crippen LogP) is 3.12. The number of thioether (sulfide) groups is 1. The van der Waals surface area contributed by atoms with Crippen molar-refractivity contribution >= 4 is 23.6 Å². The Hall–Kier alpha value is -1.49. The van der Waals surface area contributed by atoms with Gasteiger partial charge in [0.05, 0.1) is 0 Å². The molecule has 0 radical (unpaired) electrons. The number of hydrogen-bond donors (Lipinski definition) is 1. The molecule has 0 spiro atoms. The summed E-state index contributed by atoms with van der Waals surface area (Å²) in [7, 11) is 0. The first kappa shape index (κ1) is 15.9. The summed E-state index contributed by atoms with van der Waals surface area (Å²) in [5, 5.41) is 9.53. The Morgan fingerprint density at radius 3 is 2.43 bits per heavy atom. The molecule has 21 heavy (non-hydrogen) atoms. The van der Waals surface area contributed by atoms with Crippen molar-refractivity contribution in [1.82, 2.24) is 4.90 Å². The van der Waals surface area contributed by atoms with Crippen LogP contribution < -0.4 is 0 Å². The van der Waals surface area contributed by atoms with Gasteiger partial charge in [0.1, 0.15) is 6.04 Å². The number of benzene rings is 1. The molecule has 0 aliphatic carbocycles. The monoisotopic (exact) mass is 307 g/mol. The van der Waals surface area contributed by atoms with Crippen LogP contribution in [-0.2, 0) is 4.79 Å². The minimum absolute atomic E-state index is 0.192. The van der Waals surface area contributed by atoms with E-state index in [1.165, 1.54) is 4.90 Å². The van der Waals surface area contributed by atoms with Gasteiger partial charge in [-0.25, -0.2) is 4.79 Å². The average molecular weight is 307 g/mol. The first-order valence-electron chi connectivity index (χ1n) is 7.04. The Labute approximate surface area is 129 Å². The second-order valence-electron chi connectivity index (χ2n) is 6.06. The predicted molar refractivity (Wildman–Crippen MR) is 83.7 cm³/mol. The highest BCUT2D eigenvalue weighted by Gasteiger charge is 2.44. The summed E-state index contributed by atoms with van der Waals surface area (Å²) >= 11 is 1.61. The number of amides is 1. The van der Waals surface area contributed by atoms with E-state index >= 15 is 0 Å². The first-order chi connectivity index (χ1) is 9.86. The number of likely N-dealkylation sites (tertiary alicyclic amines) is 1. The van der Waals surface area contributed by atoms with Crippen LogP contribution in [0.1, 0.15) is 37.0 Å². The zero-order valence-electron chi connectivity index (χ0n) is 12.6. The van der Waals surface area contributed by atoms with Crippen molar-refractivity contribution < 1.29 is 14.7 Å². The number of carboxylic acid groups (broad SMARTS) is 1. The maximum Gasteiger partial charge on any atom is 0.326 e. The third-order valence-electron chi connectivity index (χ3n) is 4.10. The highest BCUT2D eigenvalue weighted by atomic mass is 32.2. The Morgan fingerprint density at radius 1 is 1.29 bits per heavy atom. The normalized spacial score (nSPS) is 21.1. The largest absolute Gasteiger partial charge is 0.480 e. The number of piperidine rings is 1. The third kappa shape index (κ3) is 3.23. The molecule has 1 aromatic carbocycles. The topological polar surface area (TPSA) is 57.6 Å². The van der Waals surface area contributed by atoms with Gasteiger partial charge < -0.3 is 10.0 Å². The van der Waals surface area contributed by atoms with Crippen LogP contribution >= 0.6 is 11.8 Å². The number of carbonyl (C=O) groups is 2. The molecule has 0 aromatic heterocycles. The van der Waals surface area contributed by atoms with E-state index in [9.17, 15) is 14.7 Å². The lowest BCUT2D eigenvalue weighted by Gasteiger charge is -2.44. The molecule has 0 bridgehead atoms. The van der Waals surface area contributed by atoms with Crippen molar-refractivity contribution in [1.29, 1.82) is 0 Å². The number of hydrogen-bond acceptors (Lipinski definition) is 3. The molecular weight excluding hydrogens is 286 g/mol. The second-order valence-corrected chi connectivity index (χ2v) is 6.94. The number of aliphatic carboxylic acids is 1. The van der Waals surface area contributed by atoms with Crippen molar-refractivity contribution in [2.24, 2.45) is 5.41 Å². The number of nitrogens with zero attached hydrogens (tertiary/aromatic N) is 1. The molecule has 2 rings (SSSR count). The van der Waals surface area contributed by atoms with Gasteiger partial charge in [0, 0.05) is 17.0 Å². The van der Waals surface area contributed by atoms with Gasteiger partial charge in [-0.15, -0.1) is 11.8 Å². The van der Waals surface area contributed by atoms with Crippen LogP contribution in [0.4, 0.5) is 0 Å². The average Bonchev–Trinajstić information content (AvgIpc) is 2.45. The van der Waals surface area contributed by atoms with Crippen LogP contribution in [0.3, 0.4) is 0 Å². The lowest BCUT2D eigenvalue weighted by molar-refractivity contribution is -0.148.